The summed E-state index contributed by atoms with van der Waals surface area (Å²) in [5.41, 5.74) is 0.875. The van der Waals surface area contributed by atoms with Crippen molar-refractivity contribution in [1.29, 1.82) is 0 Å². The molecule has 0 radical (unpaired) electrons. The molecule has 1 aromatic carbocycles. The average molecular weight is 370 g/mol. The molecule has 1 amide bonds. The summed E-state index contributed by atoms with van der Waals surface area (Å²) >= 11 is 1.33. The molecule has 3 aromatic rings. The highest BCUT2D eigenvalue weighted by molar-refractivity contribution is 7.99. The molecule has 0 aliphatic carbocycles. The van der Waals surface area contributed by atoms with Crippen LogP contribution in [0.2, 0.25) is 0 Å². The first kappa shape index (κ1) is 18.3. The number of aromatic nitrogens is 2. The Labute approximate surface area is 156 Å². The lowest BCUT2D eigenvalue weighted by Gasteiger charge is -2.10. The molecule has 0 saturated heterocycles. The van der Waals surface area contributed by atoms with Gasteiger partial charge >= 0.3 is 0 Å². The van der Waals surface area contributed by atoms with Crippen LogP contribution < -0.4 is 10.6 Å². The standard InChI is InChI=1S/C19H22N4O2S/c1-2-3-10-20-18-15-8-4-5-9-16(15)22-19(23-18)26-13-17(24)21-12-14-7-6-11-25-14/h4-9,11H,2-3,10,12-13H2,1H3,(H,21,24)(H,20,22,23). The second kappa shape index (κ2) is 9.24. The van der Waals surface area contributed by atoms with Crippen molar-refractivity contribution >= 4 is 34.4 Å². The second-order valence-electron chi connectivity index (χ2n) is 5.80. The van der Waals surface area contributed by atoms with E-state index in [2.05, 4.69) is 27.5 Å². The lowest BCUT2D eigenvalue weighted by atomic mass is 10.2. The van der Waals surface area contributed by atoms with Gasteiger partial charge in [-0.2, -0.15) is 0 Å². The number of para-hydroxylation sites is 1. The molecule has 0 atom stereocenters. The molecule has 0 unspecified atom stereocenters. The van der Waals surface area contributed by atoms with E-state index in [-0.39, 0.29) is 11.7 Å². The number of unbranched alkanes of at least 4 members (excludes halogenated alkanes) is 1. The zero-order valence-electron chi connectivity index (χ0n) is 14.7. The lowest BCUT2D eigenvalue weighted by molar-refractivity contribution is -0.118. The number of nitrogens with one attached hydrogen (secondary N) is 2. The van der Waals surface area contributed by atoms with E-state index >= 15 is 0 Å². The summed E-state index contributed by atoms with van der Waals surface area (Å²) in [6.07, 6.45) is 3.79. The summed E-state index contributed by atoms with van der Waals surface area (Å²) in [5.74, 6) is 1.73. The number of fused-ring (bicyclic) bond motifs is 1. The van der Waals surface area contributed by atoms with Crippen LogP contribution >= 0.6 is 11.8 Å². The number of anilines is 1. The van der Waals surface area contributed by atoms with Gasteiger partial charge in [-0.15, -0.1) is 0 Å². The normalized spacial score (nSPS) is 10.8. The van der Waals surface area contributed by atoms with Crippen LogP contribution in [0.25, 0.3) is 10.9 Å². The van der Waals surface area contributed by atoms with E-state index in [1.54, 1.807) is 12.3 Å². The fourth-order valence-electron chi connectivity index (χ4n) is 2.42. The highest BCUT2D eigenvalue weighted by atomic mass is 32.2. The second-order valence-corrected chi connectivity index (χ2v) is 6.74. The Kier molecular flexibility index (Phi) is 6.49. The molecular formula is C19H22N4O2S. The van der Waals surface area contributed by atoms with E-state index in [9.17, 15) is 4.79 Å². The van der Waals surface area contributed by atoms with E-state index in [0.29, 0.717) is 11.7 Å². The topological polar surface area (TPSA) is 80.0 Å². The minimum absolute atomic E-state index is 0.0800. The number of amides is 1. The third-order valence-corrected chi connectivity index (χ3v) is 4.63. The summed E-state index contributed by atoms with van der Waals surface area (Å²) in [5, 5.41) is 7.80. The van der Waals surface area contributed by atoms with E-state index in [4.69, 9.17) is 4.42 Å². The molecule has 2 heterocycles. The molecule has 2 aromatic heterocycles. The first-order valence-corrected chi connectivity index (χ1v) is 9.67. The zero-order chi connectivity index (χ0) is 18.2. The molecule has 0 aliphatic heterocycles. The number of carbonyl (C=O) groups is 1. The Balaban J connectivity index is 1.64. The first-order chi connectivity index (χ1) is 12.8. The maximum absolute atomic E-state index is 12.0. The molecule has 0 bridgehead atoms. The molecule has 26 heavy (non-hydrogen) atoms. The van der Waals surface area contributed by atoms with E-state index in [1.807, 2.05) is 30.3 Å². The third-order valence-electron chi connectivity index (χ3n) is 3.78. The van der Waals surface area contributed by atoms with Crippen LogP contribution in [0, 0.1) is 0 Å². The zero-order valence-corrected chi connectivity index (χ0v) is 15.5. The van der Waals surface area contributed by atoms with Crippen LogP contribution in [0.4, 0.5) is 5.82 Å². The highest BCUT2D eigenvalue weighted by Crippen LogP contribution is 2.24. The van der Waals surface area contributed by atoms with Crippen molar-refractivity contribution < 1.29 is 9.21 Å². The van der Waals surface area contributed by atoms with Crippen molar-refractivity contribution in [3.63, 3.8) is 0 Å². The number of nitrogens with zero attached hydrogens (tertiary/aromatic N) is 2. The van der Waals surface area contributed by atoms with Crippen LogP contribution in [0.15, 0.2) is 52.2 Å². The minimum Gasteiger partial charge on any atom is -0.467 e. The Hall–Kier alpha value is -2.54. The van der Waals surface area contributed by atoms with Crippen LogP contribution in [0.5, 0.6) is 0 Å². The number of carbonyl (C=O) groups excluding carboxylic acids is 1. The van der Waals surface area contributed by atoms with Crippen molar-refractivity contribution in [2.75, 3.05) is 17.6 Å². The quantitative estimate of drug-likeness (QED) is 0.338. The van der Waals surface area contributed by atoms with Crippen molar-refractivity contribution in [3.05, 3.63) is 48.4 Å². The minimum atomic E-state index is -0.0800. The largest absolute Gasteiger partial charge is 0.467 e. The lowest BCUT2D eigenvalue weighted by Crippen LogP contribution is -2.24. The molecule has 3 rings (SSSR count). The van der Waals surface area contributed by atoms with Crippen molar-refractivity contribution in [3.8, 4) is 0 Å². The maximum atomic E-state index is 12.0. The van der Waals surface area contributed by atoms with Gasteiger partial charge in [-0.3, -0.25) is 4.79 Å². The van der Waals surface area contributed by atoms with Gasteiger partial charge in [0.05, 0.1) is 24.1 Å². The van der Waals surface area contributed by atoms with Crippen molar-refractivity contribution in [2.45, 2.75) is 31.5 Å². The number of hydrogen-bond acceptors (Lipinski definition) is 6. The predicted molar refractivity (Wildman–Crippen MR) is 104 cm³/mol. The average Bonchev–Trinajstić information content (AvgIpc) is 3.18. The van der Waals surface area contributed by atoms with E-state index in [1.165, 1.54) is 11.8 Å². The number of rotatable bonds is 9. The van der Waals surface area contributed by atoms with Crippen LogP contribution in [-0.4, -0.2) is 28.2 Å². The third kappa shape index (κ3) is 4.98. The smallest absolute Gasteiger partial charge is 0.230 e. The van der Waals surface area contributed by atoms with Gasteiger partial charge in [0, 0.05) is 11.9 Å². The Morgan fingerprint density at radius 1 is 1.19 bits per heavy atom. The molecule has 136 valence electrons. The molecule has 7 heteroatoms. The summed E-state index contributed by atoms with van der Waals surface area (Å²) in [6.45, 7) is 3.41. The van der Waals surface area contributed by atoms with Gasteiger partial charge in [-0.05, 0) is 30.7 Å². The predicted octanol–water partition coefficient (Wildman–Crippen LogP) is 3.84. The Morgan fingerprint density at radius 3 is 2.88 bits per heavy atom. The van der Waals surface area contributed by atoms with Crippen molar-refractivity contribution in [2.24, 2.45) is 0 Å². The number of benzene rings is 1. The van der Waals surface area contributed by atoms with Gasteiger partial charge in [-0.1, -0.05) is 37.2 Å². The van der Waals surface area contributed by atoms with Gasteiger partial charge in [-0.25, -0.2) is 9.97 Å². The van der Waals surface area contributed by atoms with E-state index < -0.39 is 0 Å². The van der Waals surface area contributed by atoms with Gasteiger partial charge in [0.25, 0.3) is 0 Å². The summed E-state index contributed by atoms with van der Waals surface area (Å²) in [4.78, 5) is 21.2. The number of hydrogen-bond donors (Lipinski definition) is 2. The number of thioether (sulfide) groups is 1. The van der Waals surface area contributed by atoms with Crippen molar-refractivity contribution in [1.82, 2.24) is 15.3 Å². The highest BCUT2D eigenvalue weighted by Gasteiger charge is 2.10. The molecule has 0 saturated carbocycles. The molecule has 0 aliphatic rings. The van der Waals surface area contributed by atoms with Crippen LogP contribution in [-0.2, 0) is 11.3 Å². The molecule has 0 fully saturated rings. The Morgan fingerprint density at radius 2 is 2.08 bits per heavy atom. The van der Waals surface area contributed by atoms with Gasteiger partial charge in [0.15, 0.2) is 5.16 Å². The van der Waals surface area contributed by atoms with E-state index in [0.717, 1.165) is 41.9 Å². The summed E-state index contributed by atoms with van der Waals surface area (Å²) < 4.78 is 5.20. The summed E-state index contributed by atoms with van der Waals surface area (Å²) in [6, 6.07) is 11.5. The van der Waals surface area contributed by atoms with Gasteiger partial charge in [0.1, 0.15) is 11.6 Å². The first-order valence-electron chi connectivity index (χ1n) is 8.69. The fourth-order valence-corrected chi connectivity index (χ4v) is 3.10. The van der Waals surface area contributed by atoms with Gasteiger partial charge < -0.3 is 15.1 Å². The molecule has 2 N–H and O–H groups in total. The molecular weight excluding hydrogens is 348 g/mol. The molecule has 0 spiro atoms. The van der Waals surface area contributed by atoms with Crippen LogP contribution in [0.1, 0.15) is 25.5 Å². The maximum Gasteiger partial charge on any atom is 0.230 e. The SMILES string of the molecule is CCCCNc1nc(SCC(=O)NCc2ccco2)nc2ccccc12. The van der Waals surface area contributed by atoms with Gasteiger partial charge in [0.2, 0.25) is 5.91 Å². The number of furan rings is 1. The fraction of sp³-hybridized carbons (Fsp3) is 0.316. The Bertz CT molecular complexity index is 852. The monoisotopic (exact) mass is 370 g/mol. The van der Waals surface area contributed by atoms with Crippen LogP contribution in [0.3, 0.4) is 0 Å². The summed E-state index contributed by atoms with van der Waals surface area (Å²) in [7, 11) is 0. The molecule has 6 nitrogen and oxygen atoms in total.